The van der Waals surface area contributed by atoms with Crippen LogP contribution in [-0.4, -0.2) is 46.3 Å². The van der Waals surface area contributed by atoms with Crippen LogP contribution in [0.5, 0.6) is 0 Å². The monoisotopic (exact) mass is 392 g/mol. The van der Waals surface area contributed by atoms with Crippen molar-refractivity contribution in [3.05, 3.63) is 78.4 Å². The molecule has 2 aromatic carbocycles. The molecule has 2 aromatic rings. The van der Waals surface area contributed by atoms with Gasteiger partial charge in [0, 0.05) is 18.7 Å². The molecule has 0 saturated carbocycles. The van der Waals surface area contributed by atoms with Crippen molar-refractivity contribution in [1.82, 2.24) is 4.90 Å². The van der Waals surface area contributed by atoms with Crippen LogP contribution in [0.3, 0.4) is 0 Å². The Morgan fingerprint density at radius 1 is 1.00 bits per heavy atom. The van der Waals surface area contributed by atoms with E-state index < -0.39 is 29.7 Å². The lowest BCUT2D eigenvalue weighted by atomic mass is 10.1. The topological polar surface area (TPSA) is 95.0 Å². The first-order chi connectivity index (χ1) is 14.0. The van der Waals surface area contributed by atoms with Crippen molar-refractivity contribution >= 4 is 29.4 Å². The number of carboxylic acids is 1. The number of carbonyl (C=O) groups is 4. The minimum absolute atomic E-state index is 0.144. The normalized spacial score (nSPS) is 16.4. The fourth-order valence-corrected chi connectivity index (χ4v) is 3.26. The summed E-state index contributed by atoms with van der Waals surface area (Å²) in [6, 6.07) is 16.9. The van der Waals surface area contributed by atoms with Crippen LogP contribution in [0.2, 0.25) is 0 Å². The van der Waals surface area contributed by atoms with E-state index in [9.17, 15) is 19.2 Å². The number of aliphatic carboxylic acids is 1. The van der Waals surface area contributed by atoms with Gasteiger partial charge in [-0.05, 0) is 24.1 Å². The van der Waals surface area contributed by atoms with Gasteiger partial charge in [0.15, 0.2) is 0 Å². The minimum Gasteiger partial charge on any atom is -0.478 e. The maximum Gasteiger partial charge on any atom is 0.328 e. The van der Waals surface area contributed by atoms with Gasteiger partial charge in [-0.1, -0.05) is 48.5 Å². The number of benzene rings is 2. The van der Waals surface area contributed by atoms with E-state index in [-0.39, 0.29) is 13.0 Å². The molecule has 0 radical (unpaired) electrons. The van der Waals surface area contributed by atoms with Gasteiger partial charge in [-0.25, -0.2) is 9.69 Å². The first-order valence-electron chi connectivity index (χ1n) is 9.15. The minimum atomic E-state index is -1.26. The fraction of sp³-hybridized carbons (Fsp3) is 0.182. The van der Waals surface area contributed by atoms with Crippen molar-refractivity contribution in [2.24, 2.45) is 0 Å². The smallest absolute Gasteiger partial charge is 0.328 e. The third-order valence-corrected chi connectivity index (χ3v) is 4.65. The molecule has 7 heteroatoms. The molecule has 1 saturated heterocycles. The molecule has 1 fully saturated rings. The van der Waals surface area contributed by atoms with Crippen LogP contribution >= 0.6 is 0 Å². The molecule has 1 aliphatic rings. The maximum absolute atomic E-state index is 13.0. The Kier molecular flexibility index (Phi) is 6.19. The van der Waals surface area contributed by atoms with E-state index in [1.54, 1.807) is 30.3 Å². The molecule has 7 nitrogen and oxygen atoms in total. The van der Waals surface area contributed by atoms with Crippen LogP contribution in [0.1, 0.15) is 12.0 Å². The number of imide groups is 1. The molecule has 29 heavy (non-hydrogen) atoms. The molecule has 0 aromatic heterocycles. The number of rotatable bonds is 7. The molecule has 148 valence electrons. The predicted octanol–water partition coefficient (Wildman–Crippen LogP) is 2.03. The molecular formula is C22H20N2O5. The highest BCUT2D eigenvalue weighted by Gasteiger charge is 2.43. The van der Waals surface area contributed by atoms with Crippen molar-refractivity contribution in [2.45, 2.75) is 18.9 Å². The Bertz CT molecular complexity index is 940. The summed E-state index contributed by atoms with van der Waals surface area (Å²) in [5.74, 6) is -2.78. The second-order valence-corrected chi connectivity index (χ2v) is 6.56. The van der Waals surface area contributed by atoms with Crippen molar-refractivity contribution in [3.8, 4) is 0 Å². The molecule has 1 N–H and O–H groups in total. The zero-order valence-electron chi connectivity index (χ0n) is 15.6. The van der Waals surface area contributed by atoms with E-state index in [1.807, 2.05) is 30.3 Å². The van der Waals surface area contributed by atoms with Crippen molar-refractivity contribution < 1.29 is 24.3 Å². The van der Waals surface area contributed by atoms with Gasteiger partial charge in [-0.15, -0.1) is 0 Å². The van der Waals surface area contributed by atoms with Crippen LogP contribution < -0.4 is 4.90 Å². The fourth-order valence-electron chi connectivity index (χ4n) is 3.26. The SMILES string of the molecule is O=C(O)/C=C/C(=O)N(CCc1ccccc1)C1CC(=O)N(c2ccccc2)C1=O. The third kappa shape index (κ3) is 4.76. The highest BCUT2D eigenvalue weighted by molar-refractivity contribution is 6.23. The molecule has 0 aliphatic carbocycles. The number of carboxylic acid groups (broad SMARTS) is 1. The standard InChI is InChI=1S/C22H20N2O5/c25-19(11-12-21(27)28)23(14-13-16-7-3-1-4-8-16)18-15-20(26)24(22(18)29)17-9-5-2-6-10-17/h1-12,18H,13-15H2,(H,27,28)/b12-11+. The molecule has 1 unspecified atom stereocenters. The first kappa shape index (κ1) is 20.0. The summed E-state index contributed by atoms with van der Waals surface area (Å²) in [5.41, 5.74) is 1.41. The second-order valence-electron chi connectivity index (χ2n) is 6.56. The molecular weight excluding hydrogens is 372 g/mol. The zero-order valence-corrected chi connectivity index (χ0v) is 15.6. The summed E-state index contributed by atoms with van der Waals surface area (Å²) in [7, 11) is 0. The third-order valence-electron chi connectivity index (χ3n) is 4.65. The summed E-state index contributed by atoms with van der Waals surface area (Å²) in [5, 5.41) is 8.82. The number of nitrogens with zero attached hydrogens (tertiary/aromatic N) is 2. The average Bonchev–Trinajstić information content (AvgIpc) is 3.02. The van der Waals surface area contributed by atoms with Gasteiger partial charge in [0.2, 0.25) is 11.8 Å². The van der Waals surface area contributed by atoms with Gasteiger partial charge in [-0.2, -0.15) is 0 Å². The van der Waals surface area contributed by atoms with E-state index in [0.717, 1.165) is 22.6 Å². The zero-order chi connectivity index (χ0) is 20.8. The Balaban J connectivity index is 1.84. The van der Waals surface area contributed by atoms with Crippen molar-refractivity contribution in [3.63, 3.8) is 0 Å². The number of anilines is 1. The summed E-state index contributed by atoms with van der Waals surface area (Å²) >= 11 is 0. The first-order valence-corrected chi connectivity index (χ1v) is 9.15. The molecule has 0 bridgehead atoms. The van der Waals surface area contributed by atoms with Gasteiger partial charge in [0.25, 0.3) is 5.91 Å². The average molecular weight is 392 g/mol. The molecule has 1 heterocycles. The number of para-hydroxylation sites is 1. The Hall–Kier alpha value is -3.74. The molecule has 3 rings (SSSR count). The van der Waals surface area contributed by atoms with E-state index in [4.69, 9.17) is 5.11 Å². The van der Waals surface area contributed by atoms with E-state index >= 15 is 0 Å². The van der Waals surface area contributed by atoms with Crippen LogP contribution in [0, 0.1) is 0 Å². The predicted molar refractivity (Wildman–Crippen MR) is 106 cm³/mol. The van der Waals surface area contributed by atoms with Crippen LogP contribution in [0.25, 0.3) is 0 Å². The lowest BCUT2D eigenvalue weighted by molar-refractivity contribution is -0.135. The van der Waals surface area contributed by atoms with Crippen molar-refractivity contribution in [1.29, 1.82) is 0 Å². The van der Waals surface area contributed by atoms with Gasteiger partial charge in [0.1, 0.15) is 6.04 Å². The summed E-state index contributed by atoms with van der Waals surface area (Å²) in [6.45, 7) is 0.180. The highest BCUT2D eigenvalue weighted by atomic mass is 16.4. The second kappa shape index (κ2) is 8.97. The summed E-state index contributed by atoms with van der Waals surface area (Å²) in [6.07, 6.45) is 1.97. The molecule has 3 amide bonds. The quantitative estimate of drug-likeness (QED) is 0.575. The Morgan fingerprint density at radius 2 is 1.62 bits per heavy atom. The van der Waals surface area contributed by atoms with Crippen LogP contribution in [0.15, 0.2) is 72.8 Å². The van der Waals surface area contributed by atoms with E-state index in [0.29, 0.717) is 12.1 Å². The van der Waals surface area contributed by atoms with Gasteiger partial charge < -0.3 is 10.0 Å². The van der Waals surface area contributed by atoms with Gasteiger partial charge in [0.05, 0.1) is 12.1 Å². The Morgan fingerprint density at radius 3 is 2.24 bits per heavy atom. The Labute approximate surface area is 167 Å². The summed E-state index contributed by atoms with van der Waals surface area (Å²) in [4.78, 5) is 51.3. The molecule has 0 spiro atoms. The van der Waals surface area contributed by atoms with Gasteiger partial charge in [-0.3, -0.25) is 14.4 Å². The number of carbonyl (C=O) groups excluding carboxylic acids is 3. The number of hydrogen-bond donors (Lipinski definition) is 1. The van der Waals surface area contributed by atoms with E-state index in [2.05, 4.69) is 0 Å². The lowest BCUT2D eigenvalue weighted by Crippen LogP contribution is -2.45. The van der Waals surface area contributed by atoms with Crippen LogP contribution in [0.4, 0.5) is 5.69 Å². The van der Waals surface area contributed by atoms with Crippen LogP contribution in [-0.2, 0) is 25.6 Å². The largest absolute Gasteiger partial charge is 0.478 e. The molecule has 1 atom stereocenters. The number of hydrogen-bond acceptors (Lipinski definition) is 4. The summed E-state index contributed by atoms with van der Waals surface area (Å²) < 4.78 is 0. The maximum atomic E-state index is 13.0. The number of amides is 3. The highest BCUT2D eigenvalue weighted by Crippen LogP contribution is 2.26. The van der Waals surface area contributed by atoms with Gasteiger partial charge >= 0.3 is 5.97 Å². The van der Waals surface area contributed by atoms with Crippen molar-refractivity contribution in [2.75, 3.05) is 11.4 Å². The lowest BCUT2D eigenvalue weighted by Gasteiger charge is -2.26. The van der Waals surface area contributed by atoms with E-state index in [1.165, 1.54) is 4.90 Å². The molecule has 1 aliphatic heterocycles.